The molecule has 0 bridgehead atoms. The molecule has 3 N–H and O–H groups in total. The number of fused-ring (bicyclic) bond motifs is 1. The van der Waals surface area contributed by atoms with Gasteiger partial charge in [-0.3, -0.25) is 0 Å². The van der Waals surface area contributed by atoms with Gasteiger partial charge in [-0.25, -0.2) is 4.98 Å². The van der Waals surface area contributed by atoms with Gasteiger partial charge in [-0.15, -0.1) is 0 Å². The number of nitrogens with zero attached hydrogens (tertiary/aromatic N) is 1. The maximum atomic E-state index is 9.98. The number of nitrogens with two attached hydrogens (primary N) is 1. The first-order valence-electron chi connectivity index (χ1n) is 5.81. The van der Waals surface area contributed by atoms with Crippen LogP contribution in [0.25, 0.3) is 10.9 Å². The summed E-state index contributed by atoms with van der Waals surface area (Å²) in [5, 5.41) is 10.5. The fourth-order valence-electron chi connectivity index (χ4n) is 1.49. The number of nitrogen functional groups attached to an aromatic ring is 1. The van der Waals surface area contributed by atoms with E-state index >= 15 is 0 Å². The van der Waals surface area contributed by atoms with Crippen LogP contribution in [0.1, 0.15) is 22.3 Å². The van der Waals surface area contributed by atoms with E-state index in [1.807, 2.05) is 0 Å². The number of halogens is 1. The molecule has 0 aliphatic rings. The van der Waals surface area contributed by atoms with Crippen LogP contribution in [0.3, 0.4) is 0 Å². The number of anilines is 1. The zero-order valence-corrected chi connectivity index (χ0v) is 9.76. The first-order valence-corrected chi connectivity index (χ1v) is 5.19. The van der Waals surface area contributed by atoms with Crippen molar-refractivity contribution in [3.05, 3.63) is 34.9 Å². The Hall–Kier alpha value is -1.32. The van der Waals surface area contributed by atoms with E-state index in [9.17, 15) is 5.11 Å². The van der Waals surface area contributed by atoms with Gasteiger partial charge in [-0.05, 0) is 38.1 Å². The molecule has 0 atom stereocenters. The van der Waals surface area contributed by atoms with Gasteiger partial charge in [0.1, 0.15) is 5.60 Å². The Bertz CT molecular complexity index is 638. The Morgan fingerprint density at radius 2 is 2.12 bits per heavy atom. The number of hydrogen-bond donors (Lipinski definition) is 2. The van der Waals surface area contributed by atoms with Crippen molar-refractivity contribution in [2.24, 2.45) is 0 Å². The van der Waals surface area contributed by atoms with E-state index in [-0.39, 0.29) is 28.5 Å². The van der Waals surface area contributed by atoms with Gasteiger partial charge in [0.2, 0.25) is 0 Å². The van der Waals surface area contributed by atoms with Crippen molar-refractivity contribution in [2.75, 3.05) is 5.73 Å². The summed E-state index contributed by atoms with van der Waals surface area (Å²) in [5.41, 5.74) is 5.32. The second-order valence-corrected chi connectivity index (χ2v) is 4.53. The number of rotatable bonds is 1. The number of benzene rings is 1. The van der Waals surface area contributed by atoms with Gasteiger partial charge in [0.25, 0.3) is 0 Å². The topological polar surface area (TPSA) is 59.1 Å². The van der Waals surface area contributed by atoms with E-state index in [1.165, 1.54) is 0 Å². The van der Waals surface area contributed by atoms with Gasteiger partial charge in [0.05, 0.1) is 19.6 Å². The van der Waals surface area contributed by atoms with E-state index in [0.29, 0.717) is 10.9 Å². The molecule has 1 heterocycles. The van der Waals surface area contributed by atoms with Crippen LogP contribution in [0, 0.1) is 0 Å². The van der Waals surface area contributed by atoms with Crippen molar-refractivity contribution in [3.63, 3.8) is 0 Å². The highest BCUT2D eigenvalue weighted by Gasteiger charge is 2.21. The molecule has 0 aliphatic heterocycles. The zero-order chi connectivity index (χ0) is 13.7. The van der Waals surface area contributed by atoms with Crippen LogP contribution >= 0.6 is 11.6 Å². The monoisotopic (exact) mass is 238 g/mol. The Kier molecular flexibility index (Phi) is 1.98. The molecule has 0 unspecified atom stereocenters. The van der Waals surface area contributed by atoms with Gasteiger partial charge in [-0.2, -0.15) is 0 Å². The maximum absolute atomic E-state index is 9.98. The average Bonchev–Trinajstić information content (AvgIpc) is 2.26. The van der Waals surface area contributed by atoms with Crippen LogP contribution in [0.15, 0.2) is 24.2 Å². The minimum absolute atomic E-state index is 0.0235. The molecule has 0 saturated heterocycles. The number of pyridine rings is 1. The SMILES string of the molecule is [2H]c1c(Cl)ccc2nc(C(C)(C)O)c(N)c([2H])c12. The molecule has 16 heavy (non-hydrogen) atoms. The summed E-state index contributed by atoms with van der Waals surface area (Å²) in [6.07, 6.45) is 0. The van der Waals surface area contributed by atoms with Crippen LogP contribution in [0.4, 0.5) is 5.69 Å². The van der Waals surface area contributed by atoms with Crippen molar-refractivity contribution in [3.8, 4) is 0 Å². The first kappa shape index (κ1) is 8.79. The summed E-state index contributed by atoms with van der Waals surface area (Å²) >= 11 is 5.85. The van der Waals surface area contributed by atoms with Crippen molar-refractivity contribution in [1.82, 2.24) is 4.98 Å². The van der Waals surface area contributed by atoms with E-state index in [1.54, 1.807) is 26.0 Å². The Balaban J connectivity index is 2.92. The largest absolute Gasteiger partial charge is 0.397 e. The molecule has 0 aliphatic carbocycles. The van der Waals surface area contributed by atoms with Crippen LogP contribution in [0.5, 0.6) is 0 Å². The normalized spacial score (nSPS) is 13.8. The summed E-state index contributed by atoms with van der Waals surface area (Å²) in [5.74, 6) is 0. The predicted molar refractivity (Wildman–Crippen MR) is 66.4 cm³/mol. The van der Waals surface area contributed by atoms with Crippen LogP contribution in [0.2, 0.25) is 5.02 Å². The smallest absolute Gasteiger partial charge is 0.103 e. The third-order valence-corrected chi connectivity index (χ3v) is 2.44. The molecule has 0 radical (unpaired) electrons. The quantitative estimate of drug-likeness (QED) is 0.803. The van der Waals surface area contributed by atoms with Gasteiger partial charge in [-0.1, -0.05) is 11.6 Å². The first-order chi connectivity index (χ1) is 8.23. The molecule has 2 rings (SSSR count). The summed E-state index contributed by atoms with van der Waals surface area (Å²) in [6, 6.07) is 3.16. The molecule has 4 heteroatoms. The molecule has 1 aromatic carbocycles. The van der Waals surface area contributed by atoms with E-state index in [4.69, 9.17) is 20.1 Å². The van der Waals surface area contributed by atoms with E-state index in [2.05, 4.69) is 4.98 Å². The van der Waals surface area contributed by atoms with Crippen molar-refractivity contribution >= 4 is 28.2 Å². The predicted octanol–water partition coefficient (Wildman–Crippen LogP) is 2.70. The van der Waals surface area contributed by atoms with E-state index < -0.39 is 5.60 Å². The summed E-state index contributed by atoms with van der Waals surface area (Å²) < 4.78 is 15.8. The van der Waals surface area contributed by atoms with Gasteiger partial charge >= 0.3 is 0 Å². The molecule has 1 aromatic heterocycles. The molecular formula is C12H13ClN2O. The molecule has 0 spiro atoms. The molecule has 84 valence electrons. The number of hydrogen-bond acceptors (Lipinski definition) is 3. The Labute approximate surface area is 102 Å². The molecule has 0 fully saturated rings. The second kappa shape index (κ2) is 3.61. The maximum Gasteiger partial charge on any atom is 0.103 e. The lowest BCUT2D eigenvalue weighted by Gasteiger charge is -2.19. The Morgan fingerprint density at radius 3 is 2.75 bits per heavy atom. The fraction of sp³-hybridized carbons (Fsp3) is 0.250. The summed E-state index contributed by atoms with van der Waals surface area (Å²) in [6.45, 7) is 3.10. The van der Waals surface area contributed by atoms with Gasteiger partial charge in [0, 0.05) is 10.4 Å². The highest BCUT2D eigenvalue weighted by Crippen LogP contribution is 2.28. The highest BCUT2D eigenvalue weighted by molar-refractivity contribution is 6.31. The van der Waals surface area contributed by atoms with Crippen LogP contribution in [-0.2, 0) is 5.60 Å². The van der Waals surface area contributed by atoms with Crippen LogP contribution < -0.4 is 5.73 Å². The van der Waals surface area contributed by atoms with Gasteiger partial charge in [0.15, 0.2) is 0 Å². The summed E-state index contributed by atoms with van der Waals surface area (Å²) in [7, 11) is 0. The van der Waals surface area contributed by atoms with Crippen LogP contribution in [-0.4, -0.2) is 10.1 Å². The molecule has 2 aromatic rings. The molecule has 3 nitrogen and oxygen atoms in total. The number of aliphatic hydroxyl groups is 1. The lowest BCUT2D eigenvalue weighted by atomic mass is 10.0. The zero-order valence-electron chi connectivity index (χ0n) is 11.0. The van der Waals surface area contributed by atoms with Gasteiger partial charge < -0.3 is 10.8 Å². The molecule has 0 saturated carbocycles. The van der Waals surface area contributed by atoms with Crippen molar-refractivity contribution < 1.29 is 7.85 Å². The van der Waals surface area contributed by atoms with E-state index in [0.717, 1.165) is 0 Å². The average molecular weight is 239 g/mol. The Morgan fingerprint density at radius 1 is 1.44 bits per heavy atom. The molecule has 0 amide bonds. The molecular weight excluding hydrogens is 224 g/mol. The number of aromatic nitrogens is 1. The minimum atomic E-state index is -1.24. The minimum Gasteiger partial charge on any atom is -0.397 e. The third kappa shape index (κ3) is 1.96. The standard InChI is InChI=1S/C12H13ClN2O/c1-12(2,16)11-9(14)6-7-5-8(13)3-4-10(7)15-11/h3-6,16H,14H2,1-2H3/i5D,6D. The third-order valence-electron chi connectivity index (χ3n) is 2.21. The lowest BCUT2D eigenvalue weighted by molar-refractivity contribution is 0.0751. The summed E-state index contributed by atoms with van der Waals surface area (Å²) in [4.78, 5) is 4.24. The second-order valence-electron chi connectivity index (χ2n) is 4.12. The van der Waals surface area contributed by atoms with Crippen molar-refractivity contribution in [2.45, 2.75) is 19.4 Å². The highest BCUT2D eigenvalue weighted by atomic mass is 35.5. The van der Waals surface area contributed by atoms with Crippen molar-refractivity contribution in [1.29, 1.82) is 0 Å². The lowest BCUT2D eigenvalue weighted by Crippen LogP contribution is -2.19. The fourth-order valence-corrected chi connectivity index (χ4v) is 1.65.